The first kappa shape index (κ1) is 18.1. The summed E-state index contributed by atoms with van der Waals surface area (Å²) in [6.45, 7) is 5.23. The molecular formula is C19H23ClFN3O. The van der Waals surface area contributed by atoms with Gasteiger partial charge in [-0.3, -0.25) is 14.8 Å². The number of pyridine rings is 1. The summed E-state index contributed by atoms with van der Waals surface area (Å²) in [7, 11) is 1.55. The zero-order valence-electron chi connectivity index (χ0n) is 14.4. The molecule has 134 valence electrons. The Morgan fingerprint density at radius 3 is 2.40 bits per heavy atom. The number of ether oxygens (including phenoxy) is 1. The number of hydrogen-bond donors (Lipinski definition) is 0. The van der Waals surface area contributed by atoms with Gasteiger partial charge < -0.3 is 4.74 Å². The molecule has 6 heteroatoms. The summed E-state index contributed by atoms with van der Waals surface area (Å²) >= 11 is 6.30. The van der Waals surface area contributed by atoms with E-state index >= 15 is 0 Å². The molecule has 1 aromatic heterocycles. The van der Waals surface area contributed by atoms with Crippen molar-refractivity contribution in [3.05, 3.63) is 58.6 Å². The Morgan fingerprint density at radius 2 is 1.72 bits per heavy atom. The average molecular weight is 364 g/mol. The van der Waals surface area contributed by atoms with E-state index in [1.165, 1.54) is 11.6 Å². The lowest BCUT2D eigenvalue weighted by Crippen LogP contribution is -2.30. The highest BCUT2D eigenvalue weighted by molar-refractivity contribution is 6.32. The van der Waals surface area contributed by atoms with Crippen LogP contribution in [0.1, 0.15) is 17.5 Å². The molecule has 1 saturated heterocycles. The van der Waals surface area contributed by atoms with Crippen LogP contribution >= 0.6 is 11.6 Å². The van der Waals surface area contributed by atoms with Crippen molar-refractivity contribution in [3.8, 4) is 5.75 Å². The first-order chi connectivity index (χ1) is 12.2. The van der Waals surface area contributed by atoms with E-state index in [1.54, 1.807) is 13.2 Å². The molecule has 0 N–H and O–H groups in total. The van der Waals surface area contributed by atoms with E-state index in [1.807, 2.05) is 24.5 Å². The minimum atomic E-state index is -0.274. The molecule has 1 fully saturated rings. The van der Waals surface area contributed by atoms with Gasteiger partial charge in [0.2, 0.25) is 0 Å². The lowest BCUT2D eigenvalue weighted by Gasteiger charge is -2.22. The minimum Gasteiger partial charge on any atom is -0.495 e. The topological polar surface area (TPSA) is 28.6 Å². The largest absolute Gasteiger partial charge is 0.495 e. The van der Waals surface area contributed by atoms with Crippen molar-refractivity contribution in [3.63, 3.8) is 0 Å². The molecule has 0 atom stereocenters. The highest BCUT2D eigenvalue weighted by Gasteiger charge is 2.19. The number of hydrogen-bond acceptors (Lipinski definition) is 4. The number of methoxy groups -OCH3 is 1. The molecule has 1 aromatic carbocycles. The van der Waals surface area contributed by atoms with Gasteiger partial charge in [0.05, 0.1) is 12.1 Å². The van der Waals surface area contributed by atoms with Crippen LogP contribution in [0.2, 0.25) is 5.02 Å². The molecule has 25 heavy (non-hydrogen) atoms. The van der Waals surface area contributed by atoms with E-state index in [0.717, 1.165) is 39.1 Å². The first-order valence-electron chi connectivity index (χ1n) is 8.52. The Labute approximate surface area is 153 Å². The molecule has 1 aliphatic heterocycles. The van der Waals surface area contributed by atoms with Gasteiger partial charge in [-0.2, -0.15) is 0 Å². The molecule has 0 radical (unpaired) electrons. The molecule has 0 aliphatic carbocycles. The highest BCUT2D eigenvalue weighted by Crippen LogP contribution is 2.31. The van der Waals surface area contributed by atoms with E-state index in [-0.39, 0.29) is 5.82 Å². The van der Waals surface area contributed by atoms with Crippen LogP contribution in [0, 0.1) is 5.82 Å². The van der Waals surface area contributed by atoms with Crippen LogP contribution < -0.4 is 4.74 Å². The monoisotopic (exact) mass is 363 g/mol. The van der Waals surface area contributed by atoms with Crippen molar-refractivity contribution in [1.82, 2.24) is 14.8 Å². The Hall–Kier alpha value is -1.69. The lowest BCUT2D eigenvalue weighted by atomic mass is 10.1. The second-order valence-corrected chi connectivity index (χ2v) is 6.68. The van der Waals surface area contributed by atoms with Gasteiger partial charge in [-0.25, -0.2) is 4.39 Å². The third-order valence-corrected chi connectivity index (χ3v) is 5.00. The quantitative estimate of drug-likeness (QED) is 0.811. The average Bonchev–Trinajstić information content (AvgIpc) is 2.85. The molecule has 2 aromatic rings. The summed E-state index contributed by atoms with van der Waals surface area (Å²) in [6.07, 6.45) is 4.70. The number of nitrogens with zero attached hydrogens (tertiary/aromatic N) is 3. The maximum Gasteiger partial charge on any atom is 0.137 e. The second kappa shape index (κ2) is 8.61. The maximum atomic E-state index is 14.2. The second-order valence-electron chi connectivity index (χ2n) is 6.30. The summed E-state index contributed by atoms with van der Waals surface area (Å²) in [5.41, 5.74) is 1.79. The fourth-order valence-electron chi connectivity index (χ4n) is 3.19. The number of benzene rings is 1. The van der Waals surface area contributed by atoms with Crippen LogP contribution in [0.15, 0.2) is 36.7 Å². The van der Waals surface area contributed by atoms with Crippen molar-refractivity contribution in [1.29, 1.82) is 0 Å². The SMILES string of the molecule is COc1ccc(F)c(CN2CCCN(Cc3ccncc3)CC2)c1Cl. The van der Waals surface area contributed by atoms with E-state index < -0.39 is 0 Å². The van der Waals surface area contributed by atoms with Gasteiger partial charge in [-0.15, -0.1) is 0 Å². The molecule has 0 unspecified atom stereocenters. The molecule has 1 aliphatic rings. The van der Waals surface area contributed by atoms with Crippen molar-refractivity contribution < 1.29 is 9.13 Å². The van der Waals surface area contributed by atoms with Gasteiger partial charge in [0, 0.05) is 44.1 Å². The Morgan fingerprint density at radius 1 is 1.04 bits per heavy atom. The predicted molar refractivity (Wildman–Crippen MR) is 97.4 cm³/mol. The minimum absolute atomic E-state index is 0.274. The van der Waals surface area contributed by atoms with E-state index in [0.29, 0.717) is 22.9 Å². The molecule has 0 saturated carbocycles. The lowest BCUT2D eigenvalue weighted by molar-refractivity contribution is 0.245. The Balaban J connectivity index is 1.62. The molecule has 0 bridgehead atoms. The molecular weight excluding hydrogens is 341 g/mol. The summed E-state index contributed by atoms with van der Waals surface area (Å²) in [6, 6.07) is 7.09. The third-order valence-electron chi connectivity index (χ3n) is 4.59. The summed E-state index contributed by atoms with van der Waals surface area (Å²) in [5.74, 6) is 0.246. The van der Waals surface area contributed by atoms with Crippen LogP contribution in [-0.2, 0) is 13.1 Å². The Bertz CT molecular complexity index is 699. The summed E-state index contributed by atoms with van der Waals surface area (Å²) < 4.78 is 19.4. The zero-order chi connectivity index (χ0) is 17.6. The normalized spacial score (nSPS) is 16.6. The third kappa shape index (κ3) is 4.69. The number of rotatable bonds is 5. The van der Waals surface area contributed by atoms with Crippen LogP contribution in [0.4, 0.5) is 4.39 Å². The van der Waals surface area contributed by atoms with Gasteiger partial charge in [0.15, 0.2) is 0 Å². The van der Waals surface area contributed by atoms with Crippen molar-refractivity contribution in [2.45, 2.75) is 19.5 Å². The predicted octanol–water partition coefficient (Wildman–Crippen LogP) is 3.59. The number of halogens is 2. The maximum absolute atomic E-state index is 14.2. The van der Waals surface area contributed by atoms with Gasteiger partial charge in [0.25, 0.3) is 0 Å². The van der Waals surface area contributed by atoms with E-state index in [9.17, 15) is 4.39 Å². The van der Waals surface area contributed by atoms with Gasteiger partial charge in [0.1, 0.15) is 11.6 Å². The van der Waals surface area contributed by atoms with Crippen LogP contribution in [0.25, 0.3) is 0 Å². The van der Waals surface area contributed by atoms with Crippen molar-refractivity contribution in [2.75, 3.05) is 33.3 Å². The van der Waals surface area contributed by atoms with Crippen LogP contribution in [0.5, 0.6) is 5.75 Å². The smallest absolute Gasteiger partial charge is 0.137 e. The van der Waals surface area contributed by atoms with Gasteiger partial charge in [-0.05, 0) is 49.3 Å². The molecule has 0 amide bonds. The molecule has 3 rings (SSSR count). The first-order valence-corrected chi connectivity index (χ1v) is 8.89. The van der Waals surface area contributed by atoms with Gasteiger partial charge >= 0.3 is 0 Å². The zero-order valence-corrected chi connectivity index (χ0v) is 15.2. The molecule has 4 nitrogen and oxygen atoms in total. The molecule has 2 heterocycles. The fraction of sp³-hybridized carbons (Fsp3) is 0.421. The van der Waals surface area contributed by atoms with Crippen molar-refractivity contribution in [2.24, 2.45) is 0 Å². The Kier molecular flexibility index (Phi) is 6.24. The van der Waals surface area contributed by atoms with Gasteiger partial charge in [-0.1, -0.05) is 11.6 Å². The van der Waals surface area contributed by atoms with Crippen LogP contribution in [-0.4, -0.2) is 48.1 Å². The molecule has 0 spiro atoms. The van der Waals surface area contributed by atoms with E-state index in [4.69, 9.17) is 16.3 Å². The van der Waals surface area contributed by atoms with Crippen molar-refractivity contribution >= 4 is 11.6 Å². The summed E-state index contributed by atoms with van der Waals surface area (Å²) in [4.78, 5) is 8.75. The van der Waals surface area contributed by atoms with E-state index in [2.05, 4.69) is 14.8 Å². The standard InChI is InChI=1S/C19H23ClFN3O/c1-25-18-4-3-17(21)16(19(18)20)14-24-10-2-9-23(11-12-24)13-15-5-7-22-8-6-15/h3-8H,2,9-14H2,1H3. The highest BCUT2D eigenvalue weighted by atomic mass is 35.5. The van der Waals surface area contributed by atoms with Crippen LogP contribution in [0.3, 0.4) is 0 Å². The summed E-state index contributed by atoms with van der Waals surface area (Å²) in [5, 5.41) is 0.375. The fourth-order valence-corrected chi connectivity index (χ4v) is 3.48. The number of aromatic nitrogens is 1.